The van der Waals surface area contributed by atoms with Crippen LogP contribution >= 0.6 is 0 Å². The molecule has 2 fully saturated rings. The Morgan fingerprint density at radius 1 is 0.448 bits per heavy atom. The summed E-state index contributed by atoms with van der Waals surface area (Å²) in [5, 5.41) is 0. The summed E-state index contributed by atoms with van der Waals surface area (Å²) >= 11 is 0. The van der Waals surface area contributed by atoms with Gasteiger partial charge in [-0.2, -0.15) is 5.56 Å². The van der Waals surface area contributed by atoms with Crippen LogP contribution in [0.15, 0.2) is 30.3 Å². The van der Waals surface area contributed by atoms with Gasteiger partial charge in [-0.3, -0.25) is 6.58 Å². The fourth-order valence-electron chi connectivity index (χ4n) is 3.38. The third-order valence-corrected chi connectivity index (χ3v) is 6.62. The molecular weight excluding hydrogens is 487 g/mol. The van der Waals surface area contributed by atoms with Crippen molar-refractivity contribution in [2.45, 2.75) is 69.2 Å². The summed E-state index contributed by atoms with van der Waals surface area (Å²) < 4.78 is 0. The summed E-state index contributed by atoms with van der Waals surface area (Å²) in [6.45, 7) is 27.2. The van der Waals surface area contributed by atoms with Gasteiger partial charge in [0, 0.05) is 0 Å². The molecule has 0 saturated heterocycles. The van der Waals surface area contributed by atoms with Crippen LogP contribution in [0, 0.1) is 106 Å². The molecular formula is C28H37Sm+2. The molecule has 0 heterocycles. The zero-order valence-electron chi connectivity index (χ0n) is 19.9. The zero-order valence-corrected chi connectivity index (χ0v) is 22.6. The van der Waals surface area contributed by atoms with Gasteiger partial charge in [-0.05, 0) is 59.2 Å². The Labute approximate surface area is 215 Å². The third kappa shape index (κ3) is 7.74. The van der Waals surface area contributed by atoms with Crippen LogP contribution in [0.4, 0.5) is 0 Å². The van der Waals surface area contributed by atoms with Crippen molar-refractivity contribution < 1.29 is 40.4 Å². The van der Waals surface area contributed by atoms with E-state index in [2.05, 4.69) is 69.2 Å². The van der Waals surface area contributed by atoms with Gasteiger partial charge in [0.05, 0.1) is 0 Å². The van der Waals surface area contributed by atoms with Crippen LogP contribution in [0.5, 0.6) is 0 Å². The van der Waals surface area contributed by atoms with Gasteiger partial charge in [0.1, 0.15) is 0 Å². The van der Waals surface area contributed by atoms with E-state index >= 15 is 0 Å². The second-order valence-electron chi connectivity index (χ2n) is 7.83. The Bertz CT molecular complexity index is 445. The summed E-state index contributed by atoms with van der Waals surface area (Å²) in [5.41, 5.74) is 1.06. The first kappa shape index (κ1) is 29.3. The van der Waals surface area contributed by atoms with E-state index in [9.17, 15) is 0 Å². The average molecular weight is 524 g/mol. The fraction of sp³-hybridized carbons (Fsp3) is 0.357. The van der Waals surface area contributed by atoms with E-state index in [1.54, 1.807) is 6.08 Å². The van der Waals surface area contributed by atoms with Crippen molar-refractivity contribution in [2.75, 3.05) is 0 Å². The Balaban J connectivity index is 0.000000401. The first-order chi connectivity index (χ1) is 13.0. The SMILES string of the molecule is C[C]1[C](C)[C](C)[C](C)[C]1C.C[C]1[C](C)[C](C)[C](C)[C]1C.[CH-]=Cc1ccccc1.[Sm+3]. The summed E-state index contributed by atoms with van der Waals surface area (Å²) in [6.07, 6.45) is 1.58. The van der Waals surface area contributed by atoms with Gasteiger partial charge < -0.3 is 0 Å². The Morgan fingerprint density at radius 2 is 0.655 bits per heavy atom. The van der Waals surface area contributed by atoms with E-state index in [-0.39, 0.29) is 40.4 Å². The van der Waals surface area contributed by atoms with Crippen molar-refractivity contribution in [3.8, 4) is 0 Å². The zero-order chi connectivity index (χ0) is 21.6. The molecule has 0 spiro atoms. The maximum atomic E-state index is 5.22. The number of rotatable bonds is 1. The quantitative estimate of drug-likeness (QED) is 0.326. The van der Waals surface area contributed by atoms with Crippen LogP contribution in [-0.2, 0) is 0 Å². The first-order valence-corrected chi connectivity index (χ1v) is 10.0. The monoisotopic (exact) mass is 525 g/mol. The predicted molar refractivity (Wildman–Crippen MR) is 124 cm³/mol. The molecule has 11 radical (unpaired) electrons. The molecule has 0 aromatic heterocycles. The molecule has 2 aliphatic rings. The number of hydrogen-bond donors (Lipinski definition) is 0. The third-order valence-electron chi connectivity index (χ3n) is 6.62. The smallest absolute Gasteiger partial charge is 0.292 e. The second-order valence-corrected chi connectivity index (χ2v) is 7.83. The van der Waals surface area contributed by atoms with E-state index < -0.39 is 0 Å². The van der Waals surface area contributed by atoms with Gasteiger partial charge in [0.2, 0.25) is 0 Å². The van der Waals surface area contributed by atoms with Crippen LogP contribution in [0.2, 0.25) is 0 Å². The second kappa shape index (κ2) is 13.7. The van der Waals surface area contributed by atoms with Crippen LogP contribution in [0.25, 0.3) is 6.08 Å². The minimum atomic E-state index is 0. The molecule has 0 nitrogen and oxygen atoms in total. The maximum Gasteiger partial charge on any atom is 3.00 e. The Hall–Kier alpha value is 0.298. The van der Waals surface area contributed by atoms with Crippen LogP contribution in [-0.4, -0.2) is 0 Å². The van der Waals surface area contributed by atoms with Gasteiger partial charge in [0.15, 0.2) is 0 Å². The molecule has 153 valence electrons. The number of hydrogen-bond acceptors (Lipinski definition) is 0. The molecule has 2 aliphatic carbocycles. The molecule has 0 aliphatic heterocycles. The first-order valence-electron chi connectivity index (χ1n) is 10.0. The Kier molecular flexibility index (Phi) is 13.8. The largest absolute Gasteiger partial charge is 3.00 e. The van der Waals surface area contributed by atoms with Gasteiger partial charge in [-0.15, -0.1) is 12.1 Å². The molecule has 0 atom stereocenters. The van der Waals surface area contributed by atoms with Gasteiger partial charge in [0.25, 0.3) is 0 Å². The van der Waals surface area contributed by atoms with Crippen molar-refractivity contribution in [3.05, 3.63) is 102 Å². The molecule has 1 aromatic carbocycles. The van der Waals surface area contributed by atoms with E-state index in [1.165, 1.54) is 59.2 Å². The molecule has 3 rings (SSSR count). The van der Waals surface area contributed by atoms with E-state index in [4.69, 9.17) is 6.58 Å². The summed E-state index contributed by atoms with van der Waals surface area (Å²) in [4.78, 5) is 0. The summed E-state index contributed by atoms with van der Waals surface area (Å²) in [7, 11) is 0. The molecule has 0 bridgehead atoms. The normalized spacial score (nSPS) is 22.0. The number of benzene rings is 1. The van der Waals surface area contributed by atoms with Crippen molar-refractivity contribution in [1.82, 2.24) is 0 Å². The molecule has 2 saturated carbocycles. The fourth-order valence-corrected chi connectivity index (χ4v) is 3.38. The molecule has 29 heavy (non-hydrogen) atoms. The van der Waals surface area contributed by atoms with Crippen LogP contribution in [0.3, 0.4) is 0 Å². The standard InChI is InChI=1S/2C10H15.C8H7.Sm/c2*1-6-7(2)9(4)10(5)8(6)3;1-2-8-6-4-3-5-7-8;/h2*1-5H3;1-7H;/q;;-1;+3. The molecule has 1 heteroatoms. The van der Waals surface area contributed by atoms with E-state index in [1.807, 2.05) is 30.3 Å². The van der Waals surface area contributed by atoms with Crippen molar-refractivity contribution in [2.24, 2.45) is 0 Å². The summed E-state index contributed by atoms with van der Waals surface area (Å²) in [5.74, 6) is 14.7. The summed E-state index contributed by atoms with van der Waals surface area (Å²) in [6, 6.07) is 9.80. The van der Waals surface area contributed by atoms with Crippen molar-refractivity contribution >= 4 is 6.08 Å². The average Bonchev–Trinajstić information content (AvgIpc) is 2.99. The molecule has 0 unspecified atom stereocenters. The minimum Gasteiger partial charge on any atom is -0.292 e. The van der Waals surface area contributed by atoms with E-state index in [0.29, 0.717) is 0 Å². The van der Waals surface area contributed by atoms with Crippen LogP contribution in [0.1, 0.15) is 74.8 Å². The molecule has 1 aromatic rings. The van der Waals surface area contributed by atoms with Gasteiger partial charge >= 0.3 is 40.4 Å². The van der Waals surface area contributed by atoms with E-state index in [0.717, 1.165) is 5.56 Å². The van der Waals surface area contributed by atoms with Crippen molar-refractivity contribution in [3.63, 3.8) is 0 Å². The predicted octanol–water partition coefficient (Wildman–Crippen LogP) is 8.08. The molecule has 0 amide bonds. The van der Waals surface area contributed by atoms with Crippen molar-refractivity contribution in [1.29, 1.82) is 0 Å². The maximum absolute atomic E-state index is 5.22. The van der Waals surface area contributed by atoms with Crippen LogP contribution < -0.4 is 0 Å². The topological polar surface area (TPSA) is 0 Å². The van der Waals surface area contributed by atoms with Gasteiger partial charge in [-0.25, -0.2) is 6.08 Å². The van der Waals surface area contributed by atoms with Gasteiger partial charge in [-0.1, -0.05) is 87.4 Å². The minimum absolute atomic E-state index is 0. The Morgan fingerprint density at radius 3 is 0.793 bits per heavy atom. The molecule has 0 N–H and O–H groups in total.